The number of nitrogens with zero attached hydrogens (tertiary/aromatic N) is 3. The van der Waals surface area contributed by atoms with Gasteiger partial charge in [-0.05, 0) is 49.5 Å². The minimum absolute atomic E-state index is 0.632. The maximum absolute atomic E-state index is 4.80. The van der Waals surface area contributed by atoms with E-state index in [0.29, 0.717) is 5.92 Å². The maximum Gasteiger partial charge on any atom is 0.145 e. The second-order valence-electron chi connectivity index (χ2n) is 5.16. The molecule has 1 saturated carbocycles. The molecular formula is C13H21IN4. The molecule has 5 heteroatoms. The Morgan fingerprint density at radius 2 is 1.94 bits per heavy atom. The van der Waals surface area contributed by atoms with Crippen molar-refractivity contribution < 1.29 is 0 Å². The van der Waals surface area contributed by atoms with Crippen LogP contribution in [0.2, 0.25) is 0 Å². The number of nitrogens with one attached hydrogen (secondary N) is 1. The molecule has 1 N–H and O–H groups in total. The quantitative estimate of drug-likeness (QED) is 0.839. The molecule has 0 atom stereocenters. The topological polar surface area (TPSA) is 41.1 Å². The van der Waals surface area contributed by atoms with Gasteiger partial charge in [0.05, 0.1) is 15.8 Å². The van der Waals surface area contributed by atoms with Gasteiger partial charge in [-0.15, -0.1) is 0 Å². The van der Waals surface area contributed by atoms with Crippen molar-refractivity contribution in [1.29, 1.82) is 0 Å². The molecule has 1 fully saturated rings. The van der Waals surface area contributed by atoms with Gasteiger partial charge in [0.1, 0.15) is 11.6 Å². The number of rotatable bonds is 4. The maximum atomic E-state index is 4.80. The zero-order valence-corrected chi connectivity index (χ0v) is 13.5. The van der Waals surface area contributed by atoms with Crippen LogP contribution in [-0.4, -0.2) is 36.0 Å². The summed E-state index contributed by atoms with van der Waals surface area (Å²) in [5.74, 6) is 2.53. The molecule has 1 aromatic rings. The molecule has 1 aromatic heterocycles. The highest BCUT2D eigenvalue weighted by Gasteiger charge is 2.23. The number of halogens is 1. The van der Waals surface area contributed by atoms with E-state index in [1.807, 2.05) is 7.05 Å². The Kier molecular flexibility index (Phi) is 4.77. The lowest BCUT2D eigenvalue weighted by molar-refractivity contribution is 0.389. The first-order valence-corrected chi connectivity index (χ1v) is 7.58. The van der Waals surface area contributed by atoms with Gasteiger partial charge in [-0.25, -0.2) is 9.97 Å². The molecule has 18 heavy (non-hydrogen) atoms. The molecule has 0 aliphatic heterocycles. The summed E-state index contributed by atoms with van der Waals surface area (Å²) in [5.41, 5.74) is 1.25. The van der Waals surface area contributed by atoms with Crippen LogP contribution in [0.15, 0.2) is 0 Å². The summed E-state index contributed by atoms with van der Waals surface area (Å²) >= 11 is 2.38. The van der Waals surface area contributed by atoms with Gasteiger partial charge in [-0.2, -0.15) is 0 Å². The first-order valence-electron chi connectivity index (χ1n) is 6.50. The predicted octanol–water partition coefficient (Wildman–Crippen LogP) is 2.84. The third-order valence-electron chi connectivity index (χ3n) is 3.36. The van der Waals surface area contributed by atoms with Crippen LogP contribution < -0.4 is 5.32 Å². The standard InChI is InChI=1S/C13H21IN4/c1-15-13-11(14)12(9-6-4-5-7-9)16-10(17-13)8-18(2)3/h9H,4-8H2,1-3H3,(H,15,16,17). The molecule has 1 heterocycles. The lowest BCUT2D eigenvalue weighted by Gasteiger charge is -2.17. The van der Waals surface area contributed by atoms with Crippen molar-refractivity contribution in [2.45, 2.75) is 38.1 Å². The Morgan fingerprint density at radius 3 is 2.50 bits per heavy atom. The molecule has 0 bridgehead atoms. The second-order valence-corrected chi connectivity index (χ2v) is 6.24. The largest absolute Gasteiger partial charge is 0.372 e. The number of aromatic nitrogens is 2. The van der Waals surface area contributed by atoms with E-state index in [1.165, 1.54) is 34.9 Å². The second kappa shape index (κ2) is 6.14. The van der Waals surface area contributed by atoms with E-state index in [4.69, 9.17) is 4.98 Å². The van der Waals surface area contributed by atoms with E-state index in [9.17, 15) is 0 Å². The van der Waals surface area contributed by atoms with Gasteiger partial charge in [-0.3, -0.25) is 0 Å². The molecule has 0 radical (unpaired) electrons. The molecule has 0 spiro atoms. The minimum Gasteiger partial charge on any atom is -0.372 e. The first-order chi connectivity index (χ1) is 8.61. The smallest absolute Gasteiger partial charge is 0.145 e. The Balaban J connectivity index is 2.36. The summed E-state index contributed by atoms with van der Waals surface area (Å²) < 4.78 is 1.20. The fraction of sp³-hybridized carbons (Fsp3) is 0.692. The average molecular weight is 360 g/mol. The van der Waals surface area contributed by atoms with Crippen LogP contribution in [-0.2, 0) is 6.54 Å². The molecular weight excluding hydrogens is 339 g/mol. The Morgan fingerprint density at radius 1 is 1.28 bits per heavy atom. The fourth-order valence-corrected chi connectivity index (χ4v) is 3.45. The van der Waals surface area contributed by atoms with Crippen LogP contribution in [0, 0.1) is 3.57 Å². The molecule has 2 rings (SSSR count). The highest BCUT2D eigenvalue weighted by Crippen LogP contribution is 2.36. The van der Waals surface area contributed by atoms with Crippen molar-refractivity contribution >= 4 is 28.4 Å². The fourth-order valence-electron chi connectivity index (χ4n) is 2.50. The van der Waals surface area contributed by atoms with E-state index in [2.05, 4.69) is 51.9 Å². The third kappa shape index (κ3) is 3.12. The molecule has 4 nitrogen and oxygen atoms in total. The number of anilines is 1. The van der Waals surface area contributed by atoms with E-state index in [-0.39, 0.29) is 0 Å². The zero-order chi connectivity index (χ0) is 13.1. The SMILES string of the molecule is CNc1nc(CN(C)C)nc(C2CCCC2)c1I. The summed E-state index contributed by atoms with van der Waals surface area (Å²) in [6.07, 6.45) is 5.22. The number of hydrogen-bond acceptors (Lipinski definition) is 4. The lowest BCUT2D eigenvalue weighted by Crippen LogP contribution is -2.17. The van der Waals surface area contributed by atoms with Gasteiger partial charge < -0.3 is 10.2 Å². The molecule has 100 valence electrons. The van der Waals surface area contributed by atoms with Crippen LogP contribution in [0.4, 0.5) is 5.82 Å². The molecule has 1 aliphatic rings. The van der Waals surface area contributed by atoms with Crippen molar-refractivity contribution in [1.82, 2.24) is 14.9 Å². The minimum atomic E-state index is 0.632. The Hall–Kier alpha value is -0.430. The highest BCUT2D eigenvalue weighted by atomic mass is 127. The van der Waals surface area contributed by atoms with E-state index in [0.717, 1.165) is 18.2 Å². The van der Waals surface area contributed by atoms with E-state index < -0.39 is 0 Å². The number of hydrogen-bond donors (Lipinski definition) is 1. The van der Waals surface area contributed by atoms with Crippen LogP contribution in [0.5, 0.6) is 0 Å². The lowest BCUT2D eigenvalue weighted by atomic mass is 10.0. The van der Waals surface area contributed by atoms with Crippen LogP contribution in [0.25, 0.3) is 0 Å². The molecule has 0 unspecified atom stereocenters. The van der Waals surface area contributed by atoms with E-state index >= 15 is 0 Å². The highest BCUT2D eigenvalue weighted by molar-refractivity contribution is 14.1. The molecule has 1 aliphatic carbocycles. The predicted molar refractivity (Wildman–Crippen MR) is 82.9 cm³/mol. The van der Waals surface area contributed by atoms with E-state index in [1.54, 1.807) is 0 Å². The first kappa shape index (κ1) is 14.0. The van der Waals surface area contributed by atoms with Crippen molar-refractivity contribution in [2.75, 3.05) is 26.5 Å². The van der Waals surface area contributed by atoms with Gasteiger partial charge in [0.25, 0.3) is 0 Å². The van der Waals surface area contributed by atoms with Gasteiger partial charge in [0.2, 0.25) is 0 Å². The summed E-state index contributed by atoms with van der Waals surface area (Å²) in [4.78, 5) is 11.5. The van der Waals surface area contributed by atoms with Crippen molar-refractivity contribution in [3.63, 3.8) is 0 Å². The monoisotopic (exact) mass is 360 g/mol. The van der Waals surface area contributed by atoms with Gasteiger partial charge in [-0.1, -0.05) is 12.8 Å². The van der Waals surface area contributed by atoms with Gasteiger partial charge >= 0.3 is 0 Å². The van der Waals surface area contributed by atoms with Crippen LogP contribution in [0.1, 0.15) is 43.1 Å². The molecule has 0 aromatic carbocycles. The summed E-state index contributed by atoms with van der Waals surface area (Å²) in [6, 6.07) is 0. The third-order valence-corrected chi connectivity index (χ3v) is 4.42. The van der Waals surface area contributed by atoms with Crippen LogP contribution >= 0.6 is 22.6 Å². The summed E-state index contributed by atoms with van der Waals surface area (Å²) in [6.45, 7) is 0.797. The Bertz CT molecular complexity index is 414. The summed E-state index contributed by atoms with van der Waals surface area (Å²) in [7, 11) is 6.04. The molecule has 0 amide bonds. The van der Waals surface area contributed by atoms with Crippen molar-refractivity contribution in [3.8, 4) is 0 Å². The molecule has 0 saturated heterocycles. The Labute approximate surface area is 123 Å². The zero-order valence-electron chi connectivity index (χ0n) is 11.3. The average Bonchev–Trinajstić information content (AvgIpc) is 2.84. The van der Waals surface area contributed by atoms with Gasteiger partial charge in [0.15, 0.2) is 0 Å². The van der Waals surface area contributed by atoms with Crippen molar-refractivity contribution in [3.05, 3.63) is 15.1 Å². The normalized spacial score (nSPS) is 16.5. The van der Waals surface area contributed by atoms with Gasteiger partial charge in [0, 0.05) is 13.0 Å². The summed E-state index contributed by atoms with van der Waals surface area (Å²) in [5, 5.41) is 3.20. The van der Waals surface area contributed by atoms with Crippen molar-refractivity contribution in [2.24, 2.45) is 0 Å². The van der Waals surface area contributed by atoms with Crippen LogP contribution in [0.3, 0.4) is 0 Å².